The van der Waals surface area contributed by atoms with Crippen LogP contribution in [0.1, 0.15) is 11.6 Å². The Bertz CT molecular complexity index is 590. The molecule has 0 aliphatic carbocycles. The molecule has 1 aromatic heterocycles. The number of ether oxygens (including phenoxy) is 1. The lowest BCUT2D eigenvalue weighted by atomic mass is 10.1. The molecule has 3 nitrogen and oxygen atoms in total. The zero-order chi connectivity index (χ0) is 15.5. The first-order valence-corrected chi connectivity index (χ1v) is 6.99. The zero-order valence-corrected chi connectivity index (χ0v) is 11.7. The van der Waals surface area contributed by atoms with Crippen molar-refractivity contribution in [2.75, 3.05) is 13.2 Å². The van der Waals surface area contributed by atoms with E-state index >= 15 is 0 Å². The van der Waals surface area contributed by atoms with Crippen molar-refractivity contribution in [1.29, 1.82) is 0 Å². The SMILES string of the molecule is NNC(COCC(F)(F)C(F)F)c1cccc2ccsc12. The summed E-state index contributed by atoms with van der Waals surface area (Å²) in [6.45, 7) is -1.57. The van der Waals surface area contributed by atoms with E-state index in [1.54, 1.807) is 6.07 Å². The molecule has 0 spiro atoms. The normalized spacial score (nSPS) is 14.0. The molecule has 1 heterocycles. The van der Waals surface area contributed by atoms with Gasteiger partial charge in [0.05, 0.1) is 12.6 Å². The Labute approximate surface area is 122 Å². The second kappa shape index (κ2) is 6.69. The van der Waals surface area contributed by atoms with E-state index in [0.717, 1.165) is 15.6 Å². The summed E-state index contributed by atoms with van der Waals surface area (Å²) >= 11 is 1.48. The quantitative estimate of drug-likeness (QED) is 0.467. The van der Waals surface area contributed by atoms with Crippen LogP contribution in [0, 0.1) is 0 Å². The Hall–Kier alpha value is -1.22. The Kier molecular flexibility index (Phi) is 5.15. The number of hydrogen-bond donors (Lipinski definition) is 2. The van der Waals surface area contributed by atoms with Gasteiger partial charge >= 0.3 is 12.3 Å². The Morgan fingerprint density at radius 1 is 1.29 bits per heavy atom. The number of rotatable bonds is 7. The van der Waals surface area contributed by atoms with Gasteiger partial charge in [0.25, 0.3) is 0 Å². The van der Waals surface area contributed by atoms with Gasteiger partial charge in [-0.05, 0) is 22.4 Å². The van der Waals surface area contributed by atoms with Crippen LogP contribution in [0.3, 0.4) is 0 Å². The van der Waals surface area contributed by atoms with Crippen LogP contribution in [0.25, 0.3) is 10.1 Å². The summed E-state index contributed by atoms with van der Waals surface area (Å²) in [4.78, 5) is 0. The summed E-state index contributed by atoms with van der Waals surface area (Å²) in [5.41, 5.74) is 3.25. The standard InChI is InChI=1S/C13H14F4N2OS/c14-12(15)13(16,17)7-20-6-10(19-18)9-3-1-2-8-4-5-21-11(8)9/h1-5,10,12,19H,6-7,18H2. The van der Waals surface area contributed by atoms with Gasteiger partial charge in [-0.2, -0.15) is 8.78 Å². The number of nitrogens with two attached hydrogens (primary N) is 1. The van der Waals surface area contributed by atoms with Crippen molar-refractivity contribution >= 4 is 21.4 Å². The monoisotopic (exact) mass is 322 g/mol. The Morgan fingerprint density at radius 3 is 2.71 bits per heavy atom. The summed E-state index contributed by atoms with van der Waals surface area (Å²) in [7, 11) is 0. The molecule has 0 saturated carbocycles. The molecule has 0 radical (unpaired) electrons. The summed E-state index contributed by atoms with van der Waals surface area (Å²) in [6.07, 6.45) is -3.75. The average molecular weight is 322 g/mol. The molecule has 3 N–H and O–H groups in total. The summed E-state index contributed by atoms with van der Waals surface area (Å²) in [5, 5.41) is 2.89. The number of thiophene rings is 1. The molecule has 0 amide bonds. The molecule has 2 rings (SSSR count). The van der Waals surface area contributed by atoms with Crippen LogP contribution in [0.2, 0.25) is 0 Å². The van der Waals surface area contributed by atoms with E-state index in [1.165, 1.54) is 11.3 Å². The molecule has 21 heavy (non-hydrogen) atoms. The minimum absolute atomic E-state index is 0.226. The summed E-state index contributed by atoms with van der Waals surface area (Å²) in [6, 6.07) is 6.87. The van der Waals surface area contributed by atoms with Crippen LogP contribution in [-0.2, 0) is 4.74 Å². The number of hydrogen-bond acceptors (Lipinski definition) is 4. The molecule has 0 bridgehead atoms. The maximum Gasteiger partial charge on any atom is 0.330 e. The largest absolute Gasteiger partial charge is 0.373 e. The second-order valence-corrected chi connectivity index (χ2v) is 5.40. The molecule has 0 aliphatic rings. The van der Waals surface area contributed by atoms with E-state index in [-0.39, 0.29) is 6.61 Å². The Balaban J connectivity index is 2.05. The molecular formula is C13H14F4N2OS. The maximum absolute atomic E-state index is 12.8. The van der Waals surface area contributed by atoms with Gasteiger partial charge in [-0.3, -0.25) is 11.3 Å². The van der Waals surface area contributed by atoms with Crippen LogP contribution in [-0.4, -0.2) is 25.6 Å². The number of nitrogens with one attached hydrogen (secondary N) is 1. The van der Waals surface area contributed by atoms with Crippen molar-refractivity contribution in [3.8, 4) is 0 Å². The fraction of sp³-hybridized carbons (Fsp3) is 0.385. The van der Waals surface area contributed by atoms with Gasteiger partial charge in [-0.1, -0.05) is 18.2 Å². The van der Waals surface area contributed by atoms with E-state index in [2.05, 4.69) is 5.43 Å². The molecule has 1 unspecified atom stereocenters. The lowest BCUT2D eigenvalue weighted by molar-refractivity contribution is -0.167. The first-order chi connectivity index (χ1) is 9.95. The van der Waals surface area contributed by atoms with E-state index in [1.807, 2.05) is 23.6 Å². The number of halogens is 4. The van der Waals surface area contributed by atoms with E-state index in [4.69, 9.17) is 10.6 Å². The minimum atomic E-state index is -4.16. The topological polar surface area (TPSA) is 47.3 Å². The highest BCUT2D eigenvalue weighted by Crippen LogP contribution is 2.29. The first-order valence-electron chi connectivity index (χ1n) is 6.11. The number of benzene rings is 1. The van der Waals surface area contributed by atoms with Crippen LogP contribution < -0.4 is 11.3 Å². The molecule has 1 atom stereocenters. The van der Waals surface area contributed by atoms with Gasteiger partial charge in [0.1, 0.15) is 6.61 Å². The fourth-order valence-electron chi connectivity index (χ4n) is 1.89. The van der Waals surface area contributed by atoms with Gasteiger partial charge in [-0.15, -0.1) is 11.3 Å². The number of alkyl halides is 4. The van der Waals surface area contributed by atoms with Crippen molar-refractivity contribution in [2.45, 2.75) is 18.4 Å². The zero-order valence-electron chi connectivity index (χ0n) is 10.9. The third-order valence-corrected chi connectivity index (χ3v) is 3.96. The summed E-state index contributed by atoms with van der Waals surface area (Å²) in [5.74, 6) is 1.25. The summed E-state index contributed by atoms with van der Waals surface area (Å²) < 4.78 is 55.3. The molecule has 0 fully saturated rings. The van der Waals surface area contributed by atoms with Crippen molar-refractivity contribution < 1.29 is 22.3 Å². The van der Waals surface area contributed by atoms with Crippen molar-refractivity contribution in [3.05, 3.63) is 35.2 Å². The van der Waals surface area contributed by atoms with Gasteiger partial charge < -0.3 is 4.74 Å². The number of hydrazine groups is 1. The fourth-order valence-corrected chi connectivity index (χ4v) is 2.86. The van der Waals surface area contributed by atoms with Crippen LogP contribution in [0.4, 0.5) is 17.6 Å². The number of fused-ring (bicyclic) bond motifs is 1. The van der Waals surface area contributed by atoms with Crippen molar-refractivity contribution in [3.63, 3.8) is 0 Å². The smallest absolute Gasteiger partial charge is 0.330 e. The molecule has 116 valence electrons. The van der Waals surface area contributed by atoms with Gasteiger partial charge in [0.15, 0.2) is 0 Å². The molecule has 8 heteroatoms. The highest BCUT2D eigenvalue weighted by molar-refractivity contribution is 7.17. The minimum Gasteiger partial charge on any atom is -0.373 e. The Morgan fingerprint density at radius 2 is 2.05 bits per heavy atom. The highest BCUT2D eigenvalue weighted by atomic mass is 32.1. The van der Waals surface area contributed by atoms with E-state index in [0.29, 0.717) is 0 Å². The average Bonchev–Trinajstić information content (AvgIpc) is 2.92. The molecule has 0 aliphatic heterocycles. The molecule has 0 saturated heterocycles. The second-order valence-electron chi connectivity index (χ2n) is 4.48. The van der Waals surface area contributed by atoms with E-state index in [9.17, 15) is 17.6 Å². The third kappa shape index (κ3) is 3.70. The van der Waals surface area contributed by atoms with Crippen LogP contribution >= 0.6 is 11.3 Å². The van der Waals surface area contributed by atoms with Crippen molar-refractivity contribution in [1.82, 2.24) is 5.43 Å². The predicted octanol–water partition coefficient (Wildman–Crippen LogP) is 3.32. The van der Waals surface area contributed by atoms with Crippen molar-refractivity contribution in [2.24, 2.45) is 5.84 Å². The van der Waals surface area contributed by atoms with Gasteiger partial charge in [0, 0.05) is 4.70 Å². The predicted molar refractivity (Wildman–Crippen MR) is 73.7 cm³/mol. The lowest BCUT2D eigenvalue weighted by Crippen LogP contribution is -2.36. The first kappa shape index (κ1) is 16.2. The molecular weight excluding hydrogens is 308 g/mol. The highest BCUT2D eigenvalue weighted by Gasteiger charge is 2.41. The third-order valence-electron chi connectivity index (χ3n) is 2.98. The lowest BCUT2D eigenvalue weighted by Gasteiger charge is -2.20. The maximum atomic E-state index is 12.8. The van der Waals surface area contributed by atoms with E-state index < -0.39 is 25.0 Å². The molecule has 2 aromatic rings. The van der Waals surface area contributed by atoms with Gasteiger partial charge in [-0.25, -0.2) is 8.78 Å². The van der Waals surface area contributed by atoms with Crippen LogP contribution in [0.15, 0.2) is 29.6 Å². The van der Waals surface area contributed by atoms with Gasteiger partial charge in [0.2, 0.25) is 0 Å². The van der Waals surface area contributed by atoms with Crippen LogP contribution in [0.5, 0.6) is 0 Å². The molecule has 1 aromatic carbocycles.